The van der Waals surface area contributed by atoms with Gasteiger partial charge in [-0.05, 0) is 18.2 Å². The van der Waals surface area contributed by atoms with E-state index in [0.717, 1.165) is 4.90 Å². The number of carbonyl (C=O) groups excluding carboxylic acids is 1. The molecule has 2 heterocycles. The van der Waals surface area contributed by atoms with Gasteiger partial charge in [0, 0.05) is 11.1 Å². The molecule has 0 saturated carbocycles. The molecule has 0 aliphatic heterocycles. The normalized spacial score (nSPS) is 10.1. The number of nitrogen functional groups attached to an aromatic ring is 1. The number of carbonyl (C=O) groups is 1. The highest BCUT2D eigenvalue weighted by Crippen LogP contribution is 2.29. The van der Waals surface area contributed by atoms with E-state index in [-0.39, 0.29) is 5.69 Å². The Morgan fingerprint density at radius 2 is 2.06 bits per heavy atom. The number of anilines is 1. The van der Waals surface area contributed by atoms with E-state index < -0.39 is 5.91 Å². The molecule has 86 valence electrons. The SMILES string of the molecule is NC(=O)c1ccc(Sc2ccncc2N)nn1. The molecule has 0 radical (unpaired) electrons. The monoisotopic (exact) mass is 247 g/mol. The van der Waals surface area contributed by atoms with Crippen molar-refractivity contribution < 1.29 is 4.79 Å². The summed E-state index contributed by atoms with van der Waals surface area (Å²) in [5.74, 6) is -0.600. The first-order chi connectivity index (χ1) is 8.16. The molecule has 0 aliphatic carbocycles. The highest BCUT2D eigenvalue weighted by Gasteiger charge is 2.06. The van der Waals surface area contributed by atoms with Gasteiger partial charge in [-0.3, -0.25) is 9.78 Å². The van der Waals surface area contributed by atoms with E-state index in [0.29, 0.717) is 10.7 Å². The Balaban J connectivity index is 2.20. The molecule has 0 atom stereocenters. The summed E-state index contributed by atoms with van der Waals surface area (Å²) in [6.45, 7) is 0. The second-order valence-corrected chi connectivity index (χ2v) is 4.20. The number of hydrogen-bond donors (Lipinski definition) is 2. The highest BCUT2D eigenvalue weighted by molar-refractivity contribution is 7.99. The van der Waals surface area contributed by atoms with Crippen LogP contribution in [-0.2, 0) is 0 Å². The standard InChI is InChI=1S/C10H9N5OS/c11-6-5-13-4-3-8(6)17-9-2-1-7(10(12)16)14-15-9/h1-5H,11H2,(H2,12,16). The van der Waals surface area contributed by atoms with Gasteiger partial charge in [0.1, 0.15) is 5.03 Å². The molecule has 0 aliphatic rings. The zero-order valence-electron chi connectivity index (χ0n) is 8.70. The van der Waals surface area contributed by atoms with Gasteiger partial charge in [-0.15, -0.1) is 10.2 Å². The van der Waals surface area contributed by atoms with Crippen molar-refractivity contribution in [3.05, 3.63) is 36.3 Å². The summed E-state index contributed by atoms with van der Waals surface area (Å²) in [4.78, 5) is 15.5. The quantitative estimate of drug-likeness (QED) is 0.826. The molecule has 17 heavy (non-hydrogen) atoms. The van der Waals surface area contributed by atoms with Crippen molar-refractivity contribution in [2.45, 2.75) is 9.92 Å². The van der Waals surface area contributed by atoms with Crippen molar-refractivity contribution in [1.82, 2.24) is 15.2 Å². The minimum atomic E-state index is -0.600. The molecule has 0 saturated heterocycles. The van der Waals surface area contributed by atoms with Gasteiger partial charge in [-0.1, -0.05) is 11.8 Å². The molecule has 0 fully saturated rings. The Morgan fingerprint density at radius 3 is 2.65 bits per heavy atom. The zero-order valence-corrected chi connectivity index (χ0v) is 9.52. The Kier molecular flexibility index (Phi) is 3.20. The lowest BCUT2D eigenvalue weighted by Gasteiger charge is -2.03. The predicted octanol–water partition coefficient (Wildman–Crippen LogP) is 0.704. The van der Waals surface area contributed by atoms with Gasteiger partial charge >= 0.3 is 0 Å². The van der Waals surface area contributed by atoms with Gasteiger partial charge in [-0.2, -0.15) is 0 Å². The molecular weight excluding hydrogens is 238 g/mol. The van der Waals surface area contributed by atoms with E-state index >= 15 is 0 Å². The maximum Gasteiger partial charge on any atom is 0.269 e. The van der Waals surface area contributed by atoms with E-state index in [1.165, 1.54) is 17.8 Å². The highest BCUT2D eigenvalue weighted by atomic mass is 32.2. The van der Waals surface area contributed by atoms with Crippen LogP contribution >= 0.6 is 11.8 Å². The number of rotatable bonds is 3. The van der Waals surface area contributed by atoms with Crippen LogP contribution in [0.25, 0.3) is 0 Å². The molecule has 4 N–H and O–H groups in total. The first kappa shape index (κ1) is 11.3. The molecule has 0 bridgehead atoms. The smallest absolute Gasteiger partial charge is 0.269 e. The topological polar surface area (TPSA) is 108 Å². The summed E-state index contributed by atoms with van der Waals surface area (Å²) in [5, 5.41) is 8.21. The molecule has 2 aromatic heterocycles. The fourth-order valence-corrected chi connectivity index (χ4v) is 1.85. The van der Waals surface area contributed by atoms with Crippen molar-refractivity contribution in [2.75, 3.05) is 5.73 Å². The molecule has 7 heteroatoms. The minimum absolute atomic E-state index is 0.136. The number of nitrogens with two attached hydrogens (primary N) is 2. The molecule has 2 aromatic rings. The van der Waals surface area contributed by atoms with Crippen LogP contribution in [0.5, 0.6) is 0 Å². The molecule has 0 unspecified atom stereocenters. The van der Waals surface area contributed by atoms with Crippen LogP contribution in [0.1, 0.15) is 10.5 Å². The van der Waals surface area contributed by atoms with Crippen molar-refractivity contribution >= 4 is 23.4 Å². The summed E-state index contributed by atoms with van der Waals surface area (Å²) in [7, 11) is 0. The van der Waals surface area contributed by atoms with Crippen LogP contribution in [0.3, 0.4) is 0 Å². The number of nitrogens with zero attached hydrogens (tertiary/aromatic N) is 3. The average molecular weight is 247 g/mol. The minimum Gasteiger partial charge on any atom is -0.397 e. The van der Waals surface area contributed by atoms with E-state index in [2.05, 4.69) is 15.2 Å². The third kappa shape index (κ3) is 2.70. The van der Waals surface area contributed by atoms with Gasteiger partial charge in [-0.25, -0.2) is 0 Å². The largest absolute Gasteiger partial charge is 0.397 e. The van der Waals surface area contributed by atoms with Crippen LogP contribution in [0.15, 0.2) is 40.5 Å². The zero-order chi connectivity index (χ0) is 12.3. The van der Waals surface area contributed by atoms with Crippen LogP contribution in [0.2, 0.25) is 0 Å². The molecule has 0 aromatic carbocycles. The average Bonchev–Trinajstić information content (AvgIpc) is 2.33. The summed E-state index contributed by atoms with van der Waals surface area (Å²) in [6.07, 6.45) is 3.21. The van der Waals surface area contributed by atoms with E-state index in [1.807, 2.05) is 0 Å². The van der Waals surface area contributed by atoms with E-state index in [4.69, 9.17) is 11.5 Å². The first-order valence-electron chi connectivity index (χ1n) is 4.67. The third-order valence-corrected chi connectivity index (χ3v) is 2.94. The van der Waals surface area contributed by atoms with Gasteiger partial charge in [0.2, 0.25) is 0 Å². The van der Waals surface area contributed by atoms with Crippen LogP contribution in [0.4, 0.5) is 5.69 Å². The molecule has 2 rings (SSSR count). The van der Waals surface area contributed by atoms with Crippen molar-refractivity contribution in [3.63, 3.8) is 0 Å². The number of pyridine rings is 1. The molecule has 0 spiro atoms. The summed E-state index contributed by atoms with van der Waals surface area (Å²) in [5.41, 5.74) is 11.5. The molecular formula is C10H9N5OS. The Bertz CT molecular complexity index is 543. The van der Waals surface area contributed by atoms with Gasteiger partial charge < -0.3 is 11.5 Å². The van der Waals surface area contributed by atoms with Gasteiger partial charge in [0.15, 0.2) is 5.69 Å². The number of hydrogen-bond acceptors (Lipinski definition) is 6. The van der Waals surface area contributed by atoms with Crippen LogP contribution in [-0.4, -0.2) is 21.1 Å². The van der Waals surface area contributed by atoms with Gasteiger partial charge in [0.05, 0.1) is 11.9 Å². The summed E-state index contributed by atoms with van der Waals surface area (Å²) >= 11 is 1.34. The second-order valence-electron chi connectivity index (χ2n) is 3.14. The Morgan fingerprint density at radius 1 is 1.24 bits per heavy atom. The molecule has 6 nitrogen and oxygen atoms in total. The Hall–Kier alpha value is -2.15. The van der Waals surface area contributed by atoms with Crippen molar-refractivity contribution in [3.8, 4) is 0 Å². The van der Waals surface area contributed by atoms with Gasteiger partial charge in [0.25, 0.3) is 5.91 Å². The van der Waals surface area contributed by atoms with E-state index in [1.54, 1.807) is 24.5 Å². The van der Waals surface area contributed by atoms with Crippen molar-refractivity contribution in [1.29, 1.82) is 0 Å². The maximum atomic E-state index is 10.8. The maximum absolute atomic E-state index is 10.8. The number of primary amides is 1. The summed E-state index contributed by atoms with van der Waals surface area (Å²) < 4.78 is 0. The lowest BCUT2D eigenvalue weighted by Crippen LogP contribution is -2.13. The van der Waals surface area contributed by atoms with Crippen LogP contribution in [0, 0.1) is 0 Å². The fourth-order valence-electron chi connectivity index (χ4n) is 1.11. The second kappa shape index (κ2) is 4.79. The fraction of sp³-hybridized carbons (Fsp3) is 0. The van der Waals surface area contributed by atoms with Crippen molar-refractivity contribution in [2.24, 2.45) is 5.73 Å². The van der Waals surface area contributed by atoms with E-state index in [9.17, 15) is 4.79 Å². The third-order valence-electron chi connectivity index (χ3n) is 1.92. The number of amides is 1. The van der Waals surface area contributed by atoms with Crippen LogP contribution < -0.4 is 11.5 Å². The lowest BCUT2D eigenvalue weighted by molar-refractivity contribution is 0.0994. The summed E-state index contributed by atoms with van der Waals surface area (Å²) in [6, 6.07) is 4.97. The lowest BCUT2D eigenvalue weighted by atomic mass is 10.4. The Labute approximate surface area is 101 Å². The first-order valence-corrected chi connectivity index (χ1v) is 5.49. The molecule has 1 amide bonds. The number of aromatic nitrogens is 3. The predicted molar refractivity (Wildman–Crippen MR) is 63.3 cm³/mol.